The lowest BCUT2D eigenvalue weighted by molar-refractivity contribution is 0.233. The summed E-state index contributed by atoms with van der Waals surface area (Å²) in [6, 6.07) is 6.93. The van der Waals surface area contributed by atoms with Gasteiger partial charge in [0, 0.05) is 5.54 Å². The van der Waals surface area contributed by atoms with Crippen molar-refractivity contribution in [3.8, 4) is 0 Å². The van der Waals surface area contributed by atoms with Gasteiger partial charge in [-0.05, 0) is 67.1 Å². The molecule has 1 saturated carbocycles. The molecular formula is C25H39N. The van der Waals surface area contributed by atoms with Crippen molar-refractivity contribution in [2.45, 2.75) is 96.4 Å². The summed E-state index contributed by atoms with van der Waals surface area (Å²) in [7, 11) is 0. The van der Waals surface area contributed by atoms with Gasteiger partial charge < -0.3 is 5.73 Å². The summed E-state index contributed by atoms with van der Waals surface area (Å²) in [5, 5.41) is 0. The van der Waals surface area contributed by atoms with Crippen LogP contribution >= 0.6 is 0 Å². The Labute approximate surface area is 161 Å². The molecule has 1 aromatic carbocycles. The van der Waals surface area contributed by atoms with Gasteiger partial charge in [-0.3, -0.25) is 0 Å². The number of unbranched alkanes of at least 4 members (excludes halogenated alkanes) is 4. The first-order chi connectivity index (χ1) is 12.6. The minimum atomic E-state index is 0.0464. The van der Waals surface area contributed by atoms with Crippen LogP contribution in [0.1, 0.15) is 88.3 Å². The van der Waals surface area contributed by atoms with Crippen molar-refractivity contribution in [3.05, 3.63) is 47.0 Å². The molecule has 2 aliphatic rings. The zero-order chi connectivity index (χ0) is 18.6. The van der Waals surface area contributed by atoms with Crippen molar-refractivity contribution in [1.82, 2.24) is 0 Å². The monoisotopic (exact) mass is 353 g/mol. The van der Waals surface area contributed by atoms with E-state index >= 15 is 0 Å². The van der Waals surface area contributed by atoms with E-state index in [0.717, 1.165) is 25.2 Å². The van der Waals surface area contributed by atoms with Crippen molar-refractivity contribution < 1.29 is 0 Å². The van der Waals surface area contributed by atoms with E-state index in [1.807, 2.05) is 0 Å². The van der Waals surface area contributed by atoms with E-state index in [0.29, 0.717) is 5.92 Å². The number of hydrogen-bond donors (Lipinski definition) is 1. The summed E-state index contributed by atoms with van der Waals surface area (Å²) >= 11 is 0. The van der Waals surface area contributed by atoms with Gasteiger partial charge in [0.25, 0.3) is 0 Å². The van der Waals surface area contributed by atoms with Crippen LogP contribution in [0.2, 0.25) is 0 Å². The smallest absolute Gasteiger partial charge is 0.0229 e. The largest absolute Gasteiger partial charge is 0.325 e. The van der Waals surface area contributed by atoms with Crippen molar-refractivity contribution in [2.75, 3.05) is 0 Å². The van der Waals surface area contributed by atoms with Crippen molar-refractivity contribution in [1.29, 1.82) is 0 Å². The second-order valence-corrected chi connectivity index (χ2v) is 9.06. The molecule has 2 N–H and O–H groups in total. The summed E-state index contributed by atoms with van der Waals surface area (Å²) in [6.07, 6.45) is 15.3. The van der Waals surface area contributed by atoms with E-state index in [4.69, 9.17) is 5.73 Å². The van der Waals surface area contributed by atoms with Crippen LogP contribution in [-0.4, -0.2) is 5.54 Å². The molecule has 0 aromatic heterocycles. The van der Waals surface area contributed by atoms with E-state index in [1.54, 1.807) is 11.1 Å². The highest BCUT2D eigenvalue weighted by molar-refractivity contribution is 5.42. The molecule has 1 fully saturated rings. The maximum atomic E-state index is 7.03. The first-order valence-electron chi connectivity index (χ1n) is 11.1. The number of allylic oxidation sites excluding steroid dienone is 1. The van der Waals surface area contributed by atoms with Crippen LogP contribution in [0.25, 0.3) is 0 Å². The molecular weight excluding hydrogens is 314 g/mol. The Hall–Kier alpha value is -1.08. The lowest BCUT2D eigenvalue weighted by Gasteiger charge is -2.40. The Balaban J connectivity index is 1.69. The van der Waals surface area contributed by atoms with Crippen molar-refractivity contribution >= 4 is 0 Å². The minimum Gasteiger partial charge on any atom is -0.325 e. The van der Waals surface area contributed by atoms with E-state index in [9.17, 15) is 0 Å². The van der Waals surface area contributed by atoms with E-state index in [1.165, 1.54) is 68.9 Å². The fourth-order valence-electron chi connectivity index (χ4n) is 5.49. The molecule has 0 saturated heterocycles. The Morgan fingerprint density at radius 3 is 2.77 bits per heavy atom. The van der Waals surface area contributed by atoms with E-state index in [-0.39, 0.29) is 5.54 Å². The summed E-state index contributed by atoms with van der Waals surface area (Å²) in [5.41, 5.74) is 13.0. The van der Waals surface area contributed by atoms with Crippen LogP contribution in [0.5, 0.6) is 0 Å². The SMILES string of the molecule is C=C(CC)Cc1cccc2c1CC1(N)CCC(CCCCCCC)C1C2. The summed E-state index contributed by atoms with van der Waals surface area (Å²) < 4.78 is 0. The van der Waals surface area contributed by atoms with Gasteiger partial charge in [-0.2, -0.15) is 0 Å². The third-order valence-corrected chi connectivity index (χ3v) is 7.22. The molecule has 0 heterocycles. The van der Waals surface area contributed by atoms with Crippen LogP contribution in [0.15, 0.2) is 30.4 Å². The van der Waals surface area contributed by atoms with Gasteiger partial charge in [0.05, 0.1) is 0 Å². The number of benzene rings is 1. The molecule has 3 rings (SSSR count). The second kappa shape index (κ2) is 8.74. The highest BCUT2D eigenvalue weighted by Gasteiger charge is 2.48. The molecule has 3 atom stereocenters. The molecule has 0 bridgehead atoms. The molecule has 2 aliphatic carbocycles. The molecule has 0 aliphatic heterocycles. The molecule has 1 nitrogen and oxygen atoms in total. The Morgan fingerprint density at radius 1 is 1.19 bits per heavy atom. The summed E-state index contributed by atoms with van der Waals surface area (Å²) in [6.45, 7) is 8.74. The van der Waals surface area contributed by atoms with Crippen LogP contribution < -0.4 is 5.73 Å². The fourth-order valence-corrected chi connectivity index (χ4v) is 5.49. The molecule has 0 amide bonds. The zero-order valence-electron chi connectivity index (χ0n) is 17.2. The highest BCUT2D eigenvalue weighted by Crippen LogP contribution is 2.48. The minimum absolute atomic E-state index is 0.0464. The highest BCUT2D eigenvalue weighted by atomic mass is 14.8. The zero-order valence-corrected chi connectivity index (χ0v) is 17.2. The quantitative estimate of drug-likeness (QED) is 0.404. The van der Waals surface area contributed by atoms with Gasteiger partial charge in [0.15, 0.2) is 0 Å². The van der Waals surface area contributed by atoms with Gasteiger partial charge in [0.1, 0.15) is 0 Å². The van der Waals surface area contributed by atoms with E-state index < -0.39 is 0 Å². The van der Waals surface area contributed by atoms with Crippen molar-refractivity contribution in [3.63, 3.8) is 0 Å². The Kier molecular flexibility index (Phi) is 6.61. The van der Waals surface area contributed by atoms with Gasteiger partial charge in [0.2, 0.25) is 0 Å². The van der Waals surface area contributed by atoms with E-state index in [2.05, 4.69) is 38.6 Å². The van der Waals surface area contributed by atoms with Gasteiger partial charge in [-0.1, -0.05) is 82.7 Å². The Morgan fingerprint density at radius 2 is 2.00 bits per heavy atom. The maximum absolute atomic E-state index is 7.03. The second-order valence-electron chi connectivity index (χ2n) is 9.06. The number of hydrogen-bond acceptors (Lipinski definition) is 1. The predicted molar refractivity (Wildman–Crippen MR) is 113 cm³/mol. The summed E-state index contributed by atoms with van der Waals surface area (Å²) in [4.78, 5) is 0. The average Bonchev–Trinajstić information content (AvgIpc) is 2.96. The molecule has 3 unspecified atom stereocenters. The molecule has 144 valence electrons. The molecule has 0 radical (unpaired) electrons. The topological polar surface area (TPSA) is 26.0 Å². The standard InChI is InChI=1S/C25H39N/c1-4-6-7-8-9-11-20-14-15-25(26)18-23-21(16-19(3)5-2)12-10-13-22(23)17-24(20)25/h10,12-13,20,24H,3-9,11,14-18,26H2,1-2H3. The van der Waals surface area contributed by atoms with Gasteiger partial charge in [-0.25, -0.2) is 0 Å². The number of fused-ring (bicyclic) bond motifs is 2. The molecule has 1 aromatic rings. The fraction of sp³-hybridized carbons (Fsp3) is 0.680. The molecule has 26 heavy (non-hydrogen) atoms. The van der Waals surface area contributed by atoms with Crippen LogP contribution in [-0.2, 0) is 19.3 Å². The third-order valence-electron chi connectivity index (χ3n) is 7.22. The number of rotatable bonds is 9. The predicted octanol–water partition coefficient (Wildman–Crippen LogP) is 6.38. The first kappa shape index (κ1) is 19.7. The lowest BCUT2D eigenvalue weighted by Crippen LogP contribution is -2.50. The van der Waals surface area contributed by atoms with Crippen LogP contribution in [0.3, 0.4) is 0 Å². The van der Waals surface area contributed by atoms with Crippen LogP contribution in [0, 0.1) is 11.8 Å². The average molecular weight is 354 g/mol. The summed E-state index contributed by atoms with van der Waals surface area (Å²) in [5.74, 6) is 1.55. The maximum Gasteiger partial charge on any atom is 0.0229 e. The lowest BCUT2D eigenvalue weighted by atomic mass is 9.68. The molecule has 0 spiro atoms. The normalized spacial score (nSPS) is 27.2. The van der Waals surface area contributed by atoms with Gasteiger partial charge >= 0.3 is 0 Å². The first-order valence-corrected chi connectivity index (χ1v) is 11.1. The molecule has 1 heteroatoms. The third kappa shape index (κ3) is 4.25. The number of nitrogens with two attached hydrogens (primary N) is 1. The van der Waals surface area contributed by atoms with Crippen LogP contribution in [0.4, 0.5) is 0 Å². The Bertz CT molecular complexity index is 617. The van der Waals surface area contributed by atoms with Gasteiger partial charge in [-0.15, -0.1) is 0 Å². The van der Waals surface area contributed by atoms with Crippen molar-refractivity contribution in [2.24, 2.45) is 17.6 Å².